The van der Waals surface area contributed by atoms with Crippen LogP contribution in [0.1, 0.15) is 5.56 Å². The highest BCUT2D eigenvalue weighted by atomic mass is 35.5. The second kappa shape index (κ2) is 7.92. The quantitative estimate of drug-likeness (QED) is 0.788. The van der Waals surface area contributed by atoms with Crippen molar-refractivity contribution in [2.24, 2.45) is 0 Å². The van der Waals surface area contributed by atoms with Crippen LogP contribution in [0.3, 0.4) is 0 Å². The number of hydrogen-bond donors (Lipinski definition) is 1. The summed E-state index contributed by atoms with van der Waals surface area (Å²) in [6, 6.07) is 14.2. The Morgan fingerprint density at radius 1 is 1.08 bits per heavy atom. The van der Waals surface area contributed by atoms with E-state index in [0.717, 1.165) is 11.3 Å². The normalized spacial score (nSPS) is 15.7. The average molecular weight is 410 g/mol. The smallest absolute Gasteiger partial charge is 0.243 e. The molecular formula is C18H20ClN3O2S2. The number of rotatable bonds is 3. The van der Waals surface area contributed by atoms with Crippen LogP contribution < -0.4 is 5.32 Å². The highest BCUT2D eigenvalue weighted by molar-refractivity contribution is 7.89. The number of anilines is 1. The van der Waals surface area contributed by atoms with Crippen LogP contribution in [0, 0.1) is 6.92 Å². The van der Waals surface area contributed by atoms with Gasteiger partial charge in [0.2, 0.25) is 10.0 Å². The second-order valence-corrected chi connectivity index (χ2v) is 8.91. The SMILES string of the molecule is Cc1cccc(NC(=S)N2CCN(S(=O)(=O)c3ccc(Cl)cc3)CC2)c1. The van der Waals surface area contributed by atoms with Crippen molar-refractivity contribution in [3.8, 4) is 0 Å². The maximum atomic E-state index is 12.7. The van der Waals surface area contributed by atoms with Crippen LogP contribution in [-0.2, 0) is 10.0 Å². The van der Waals surface area contributed by atoms with Crippen LogP contribution in [0.4, 0.5) is 5.69 Å². The lowest BCUT2D eigenvalue weighted by Gasteiger charge is -2.35. The summed E-state index contributed by atoms with van der Waals surface area (Å²) in [6.45, 7) is 3.89. The third kappa shape index (κ3) is 4.35. The van der Waals surface area contributed by atoms with Gasteiger partial charge in [-0.3, -0.25) is 0 Å². The van der Waals surface area contributed by atoms with E-state index in [-0.39, 0.29) is 4.90 Å². The highest BCUT2D eigenvalue weighted by Gasteiger charge is 2.29. The number of hydrogen-bond acceptors (Lipinski definition) is 3. The van der Waals surface area contributed by atoms with E-state index < -0.39 is 10.0 Å². The number of aryl methyl sites for hydroxylation is 1. The van der Waals surface area contributed by atoms with Gasteiger partial charge in [-0.1, -0.05) is 23.7 Å². The van der Waals surface area contributed by atoms with E-state index in [0.29, 0.717) is 36.3 Å². The largest absolute Gasteiger partial charge is 0.346 e. The van der Waals surface area contributed by atoms with Crippen LogP contribution in [-0.4, -0.2) is 48.9 Å². The molecule has 26 heavy (non-hydrogen) atoms. The Morgan fingerprint density at radius 2 is 1.73 bits per heavy atom. The second-order valence-electron chi connectivity index (χ2n) is 6.14. The monoisotopic (exact) mass is 409 g/mol. The Kier molecular flexibility index (Phi) is 5.82. The van der Waals surface area contributed by atoms with Crippen molar-refractivity contribution in [2.45, 2.75) is 11.8 Å². The molecule has 0 bridgehead atoms. The summed E-state index contributed by atoms with van der Waals surface area (Å²) >= 11 is 11.3. The topological polar surface area (TPSA) is 52.6 Å². The van der Waals surface area contributed by atoms with Crippen molar-refractivity contribution in [1.82, 2.24) is 9.21 Å². The number of sulfonamides is 1. The van der Waals surface area contributed by atoms with E-state index in [2.05, 4.69) is 5.32 Å². The molecule has 0 radical (unpaired) electrons. The van der Waals surface area contributed by atoms with Gasteiger partial charge in [0.15, 0.2) is 5.11 Å². The van der Waals surface area contributed by atoms with Crippen molar-refractivity contribution in [3.05, 3.63) is 59.1 Å². The third-order valence-electron chi connectivity index (χ3n) is 4.25. The lowest BCUT2D eigenvalue weighted by molar-refractivity contribution is 0.268. The molecule has 138 valence electrons. The molecule has 1 aliphatic heterocycles. The van der Waals surface area contributed by atoms with Crippen molar-refractivity contribution >= 4 is 44.6 Å². The van der Waals surface area contributed by atoms with Crippen molar-refractivity contribution < 1.29 is 8.42 Å². The third-order valence-corrected chi connectivity index (χ3v) is 6.77. The fraction of sp³-hybridized carbons (Fsp3) is 0.278. The van der Waals surface area contributed by atoms with E-state index in [1.165, 1.54) is 16.4 Å². The van der Waals surface area contributed by atoms with E-state index in [1.807, 2.05) is 36.1 Å². The molecule has 0 saturated carbocycles. The van der Waals surface area contributed by atoms with Gasteiger partial charge in [-0.25, -0.2) is 8.42 Å². The number of thiocarbonyl (C=S) groups is 1. The minimum absolute atomic E-state index is 0.260. The number of nitrogens with zero attached hydrogens (tertiary/aromatic N) is 2. The minimum Gasteiger partial charge on any atom is -0.346 e. The molecule has 2 aromatic rings. The Labute approximate surface area is 164 Å². The van der Waals surface area contributed by atoms with Crippen molar-refractivity contribution in [1.29, 1.82) is 0 Å². The first kappa shape index (κ1) is 19.1. The zero-order chi connectivity index (χ0) is 18.7. The molecule has 0 amide bonds. The first-order valence-electron chi connectivity index (χ1n) is 8.24. The summed E-state index contributed by atoms with van der Waals surface area (Å²) in [6.07, 6.45) is 0. The Bertz CT molecular complexity index is 893. The number of piperazine rings is 1. The first-order chi connectivity index (χ1) is 12.4. The Hall–Kier alpha value is -1.67. The predicted molar refractivity (Wildman–Crippen MR) is 109 cm³/mol. The summed E-state index contributed by atoms with van der Waals surface area (Å²) in [5.41, 5.74) is 2.09. The summed E-state index contributed by atoms with van der Waals surface area (Å²) in [4.78, 5) is 2.25. The van der Waals surface area contributed by atoms with Crippen molar-refractivity contribution in [2.75, 3.05) is 31.5 Å². The highest BCUT2D eigenvalue weighted by Crippen LogP contribution is 2.20. The van der Waals surface area contributed by atoms with Gasteiger partial charge < -0.3 is 10.2 Å². The minimum atomic E-state index is -3.51. The predicted octanol–water partition coefficient (Wildman–Crippen LogP) is 3.35. The molecule has 5 nitrogen and oxygen atoms in total. The van der Waals surface area contributed by atoms with Gasteiger partial charge >= 0.3 is 0 Å². The number of halogens is 1. The summed E-state index contributed by atoms with van der Waals surface area (Å²) in [5.74, 6) is 0. The van der Waals surface area contributed by atoms with Crippen LogP contribution in [0.15, 0.2) is 53.4 Å². The van der Waals surface area contributed by atoms with Crippen LogP contribution in [0.25, 0.3) is 0 Å². The molecule has 8 heteroatoms. The molecule has 1 fully saturated rings. The number of nitrogens with one attached hydrogen (secondary N) is 1. The van der Waals surface area contributed by atoms with E-state index >= 15 is 0 Å². The molecule has 0 unspecified atom stereocenters. The molecule has 1 saturated heterocycles. The summed E-state index contributed by atoms with van der Waals surface area (Å²) in [5, 5.41) is 4.34. The Balaban J connectivity index is 1.61. The molecule has 1 aliphatic rings. The van der Waals surface area contributed by atoms with E-state index in [1.54, 1.807) is 12.1 Å². The number of benzene rings is 2. The van der Waals surface area contributed by atoms with Gasteiger partial charge in [-0.2, -0.15) is 4.31 Å². The lowest BCUT2D eigenvalue weighted by Crippen LogP contribution is -2.51. The van der Waals surface area contributed by atoms with Gasteiger partial charge in [-0.05, 0) is 61.1 Å². The molecule has 1 heterocycles. The average Bonchev–Trinajstić information content (AvgIpc) is 2.62. The molecular weight excluding hydrogens is 390 g/mol. The zero-order valence-electron chi connectivity index (χ0n) is 14.4. The van der Waals surface area contributed by atoms with E-state index in [9.17, 15) is 8.42 Å². The zero-order valence-corrected chi connectivity index (χ0v) is 16.7. The van der Waals surface area contributed by atoms with Gasteiger partial charge in [-0.15, -0.1) is 0 Å². The molecule has 0 spiro atoms. The molecule has 0 aromatic heterocycles. The molecule has 0 atom stereocenters. The van der Waals surface area contributed by atoms with Gasteiger partial charge in [0.05, 0.1) is 4.90 Å². The first-order valence-corrected chi connectivity index (χ1v) is 10.5. The van der Waals surface area contributed by atoms with Gasteiger partial charge in [0.1, 0.15) is 0 Å². The van der Waals surface area contributed by atoms with Crippen LogP contribution >= 0.6 is 23.8 Å². The van der Waals surface area contributed by atoms with Gasteiger partial charge in [0.25, 0.3) is 0 Å². The standard InChI is InChI=1S/C18H20ClN3O2S2/c1-14-3-2-4-16(13-14)20-18(25)21-9-11-22(12-10-21)26(23,24)17-7-5-15(19)6-8-17/h2-8,13H,9-12H2,1H3,(H,20,25). The Morgan fingerprint density at radius 3 is 2.35 bits per heavy atom. The fourth-order valence-corrected chi connectivity index (χ4v) is 4.66. The summed E-state index contributed by atoms with van der Waals surface area (Å²) < 4.78 is 26.9. The molecule has 2 aromatic carbocycles. The maximum Gasteiger partial charge on any atom is 0.243 e. The molecule has 1 N–H and O–H groups in total. The lowest BCUT2D eigenvalue weighted by atomic mass is 10.2. The van der Waals surface area contributed by atoms with Gasteiger partial charge in [0, 0.05) is 36.9 Å². The van der Waals surface area contributed by atoms with Crippen LogP contribution in [0.2, 0.25) is 5.02 Å². The fourth-order valence-electron chi connectivity index (χ4n) is 2.81. The molecule has 0 aliphatic carbocycles. The van der Waals surface area contributed by atoms with E-state index in [4.69, 9.17) is 23.8 Å². The van der Waals surface area contributed by atoms with Crippen LogP contribution in [0.5, 0.6) is 0 Å². The molecule has 3 rings (SSSR count). The maximum absolute atomic E-state index is 12.7. The van der Waals surface area contributed by atoms with Crippen molar-refractivity contribution in [3.63, 3.8) is 0 Å². The summed E-state index contributed by atoms with van der Waals surface area (Å²) in [7, 11) is -3.51.